The molecule has 0 aliphatic rings. The highest BCUT2D eigenvalue weighted by atomic mass is 19.1. The quantitative estimate of drug-likeness (QED) is 0.731. The van der Waals surface area contributed by atoms with Crippen LogP contribution in [-0.4, -0.2) is 18.0 Å². The molecule has 126 valence electrons. The zero-order valence-corrected chi connectivity index (χ0v) is 13.5. The molecule has 0 atom stereocenters. The normalized spacial score (nSPS) is 10.2. The van der Waals surface area contributed by atoms with E-state index in [1.807, 2.05) is 24.3 Å². The number of hydrogen-bond acceptors (Lipinski definition) is 4. The van der Waals surface area contributed by atoms with E-state index in [0.29, 0.717) is 5.69 Å². The van der Waals surface area contributed by atoms with Crippen LogP contribution < -0.4 is 15.4 Å². The second kappa shape index (κ2) is 7.44. The molecule has 2 N–H and O–H groups in total. The Balaban J connectivity index is 1.65. The Hall–Kier alpha value is -3.41. The first-order chi connectivity index (χ1) is 12.1. The van der Waals surface area contributed by atoms with Crippen molar-refractivity contribution in [1.82, 2.24) is 4.98 Å². The number of ether oxygens (including phenoxy) is 1. The molecule has 0 saturated carbocycles. The van der Waals surface area contributed by atoms with Gasteiger partial charge in [-0.2, -0.15) is 0 Å². The number of amides is 1. The molecule has 5 nitrogen and oxygen atoms in total. The Morgan fingerprint density at radius 1 is 1.00 bits per heavy atom. The summed E-state index contributed by atoms with van der Waals surface area (Å²) in [5.74, 6) is -0.0422. The van der Waals surface area contributed by atoms with Gasteiger partial charge in [-0.1, -0.05) is 6.07 Å². The Morgan fingerprint density at radius 2 is 1.76 bits per heavy atom. The second-order valence-corrected chi connectivity index (χ2v) is 5.25. The van der Waals surface area contributed by atoms with E-state index in [-0.39, 0.29) is 5.69 Å². The molecule has 25 heavy (non-hydrogen) atoms. The Kier molecular flexibility index (Phi) is 4.89. The van der Waals surface area contributed by atoms with Gasteiger partial charge < -0.3 is 15.4 Å². The van der Waals surface area contributed by atoms with E-state index in [4.69, 9.17) is 4.74 Å². The van der Waals surface area contributed by atoms with E-state index in [1.165, 1.54) is 18.2 Å². The Labute approximate surface area is 144 Å². The van der Waals surface area contributed by atoms with Crippen molar-refractivity contribution in [2.24, 2.45) is 0 Å². The van der Waals surface area contributed by atoms with Gasteiger partial charge in [0, 0.05) is 11.4 Å². The van der Waals surface area contributed by atoms with Crippen LogP contribution in [0.1, 0.15) is 10.5 Å². The molecule has 3 aromatic rings. The van der Waals surface area contributed by atoms with Gasteiger partial charge >= 0.3 is 0 Å². The molecular formula is C19H16FN3O2. The van der Waals surface area contributed by atoms with E-state index in [0.717, 1.165) is 17.1 Å². The van der Waals surface area contributed by atoms with Gasteiger partial charge in [-0.05, 0) is 54.6 Å². The number of carbonyl (C=O) groups is 1. The predicted molar refractivity (Wildman–Crippen MR) is 94.9 cm³/mol. The van der Waals surface area contributed by atoms with Crippen LogP contribution in [0.25, 0.3) is 0 Å². The van der Waals surface area contributed by atoms with Crippen LogP contribution in [-0.2, 0) is 0 Å². The van der Waals surface area contributed by atoms with Crippen molar-refractivity contribution in [3.8, 4) is 5.75 Å². The second-order valence-electron chi connectivity index (χ2n) is 5.25. The third-order valence-electron chi connectivity index (χ3n) is 3.46. The third-order valence-corrected chi connectivity index (χ3v) is 3.46. The maximum Gasteiger partial charge on any atom is 0.274 e. The van der Waals surface area contributed by atoms with E-state index in [1.54, 1.807) is 31.5 Å². The van der Waals surface area contributed by atoms with E-state index < -0.39 is 11.7 Å². The first-order valence-electron chi connectivity index (χ1n) is 7.58. The molecule has 2 aromatic carbocycles. The van der Waals surface area contributed by atoms with Gasteiger partial charge in [0.15, 0.2) is 0 Å². The van der Waals surface area contributed by atoms with Gasteiger partial charge in [-0.15, -0.1) is 0 Å². The number of halogens is 1. The van der Waals surface area contributed by atoms with Crippen LogP contribution >= 0.6 is 0 Å². The minimum Gasteiger partial charge on any atom is -0.497 e. The summed E-state index contributed by atoms with van der Waals surface area (Å²) < 4.78 is 18.3. The molecule has 1 amide bonds. The average molecular weight is 337 g/mol. The average Bonchev–Trinajstić information content (AvgIpc) is 2.63. The molecule has 0 unspecified atom stereocenters. The highest BCUT2D eigenvalue weighted by molar-refractivity contribution is 6.02. The molecule has 6 heteroatoms. The van der Waals surface area contributed by atoms with Crippen molar-refractivity contribution in [1.29, 1.82) is 0 Å². The largest absolute Gasteiger partial charge is 0.497 e. The number of hydrogen-bond donors (Lipinski definition) is 2. The van der Waals surface area contributed by atoms with Crippen molar-refractivity contribution >= 4 is 23.0 Å². The van der Waals surface area contributed by atoms with Crippen molar-refractivity contribution in [3.63, 3.8) is 0 Å². The summed E-state index contributed by atoms with van der Waals surface area (Å²) in [4.78, 5) is 16.3. The number of aromatic nitrogens is 1. The summed E-state index contributed by atoms with van der Waals surface area (Å²) >= 11 is 0. The van der Waals surface area contributed by atoms with Crippen LogP contribution in [0.2, 0.25) is 0 Å². The molecule has 1 aromatic heterocycles. The molecule has 0 fully saturated rings. The SMILES string of the molecule is COc1ccc(Nc2ccc(C(=O)Nc3cccc(F)c3)nc2)cc1. The van der Waals surface area contributed by atoms with Gasteiger partial charge in [0.05, 0.1) is 19.0 Å². The smallest absolute Gasteiger partial charge is 0.274 e. The minimum absolute atomic E-state index is 0.240. The van der Waals surface area contributed by atoms with E-state index in [2.05, 4.69) is 15.6 Å². The molecule has 0 spiro atoms. The lowest BCUT2D eigenvalue weighted by Crippen LogP contribution is -2.13. The highest BCUT2D eigenvalue weighted by Gasteiger charge is 2.08. The van der Waals surface area contributed by atoms with Crippen LogP contribution in [0.15, 0.2) is 66.9 Å². The molecule has 0 saturated heterocycles. The first kappa shape index (κ1) is 16.4. The lowest BCUT2D eigenvalue weighted by Gasteiger charge is -2.08. The van der Waals surface area contributed by atoms with Crippen LogP contribution in [0, 0.1) is 5.82 Å². The summed E-state index contributed by atoms with van der Waals surface area (Å²) in [7, 11) is 1.61. The highest BCUT2D eigenvalue weighted by Crippen LogP contribution is 2.19. The van der Waals surface area contributed by atoms with E-state index >= 15 is 0 Å². The van der Waals surface area contributed by atoms with Crippen LogP contribution in [0.4, 0.5) is 21.5 Å². The van der Waals surface area contributed by atoms with Crippen molar-refractivity contribution < 1.29 is 13.9 Å². The molecule has 1 heterocycles. The Bertz CT molecular complexity index is 865. The minimum atomic E-state index is -0.412. The van der Waals surface area contributed by atoms with Gasteiger partial charge in [0.1, 0.15) is 17.3 Å². The standard InChI is InChI=1S/C19H16FN3O2/c1-25-17-8-5-14(6-9-17)22-16-7-10-18(21-12-16)19(24)23-15-4-2-3-13(20)11-15/h2-12,22H,1H3,(H,23,24). The number of anilines is 3. The first-order valence-corrected chi connectivity index (χ1v) is 7.58. The molecular weight excluding hydrogens is 321 g/mol. The monoisotopic (exact) mass is 337 g/mol. The number of methoxy groups -OCH3 is 1. The summed E-state index contributed by atoms with van der Waals surface area (Å²) in [5.41, 5.74) is 2.24. The summed E-state index contributed by atoms with van der Waals surface area (Å²) in [6, 6.07) is 16.5. The zero-order chi connectivity index (χ0) is 17.6. The number of nitrogens with zero attached hydrogens (tertiary/aromatic N) is 1. The van der Waals surface area contributed by atoms with Gasteiger partial charge in [0.2, 0.25) is 0 Å². The molecule has 3 rings (SSSR count). The summed E-state index contributed by atoms with van der Waals surface area (Å²) in [6.45, 7) is 0. The number of rotatable bonds is 5. The lowest BCUT2D eigenvalue weighted by atomic mass is 10.2. The van der Waals surface area contributed by atoms with Gasteiger partial charge in [0.25, 0.3) is 5.91 Å². The fourth-order valence-electron chi connectivity index (χ4n) is 2.20. The maximum atomic E-state index is 13.1. The van der Waals surface area contributed by atoms with E-state index in [9.17, 15) is 9.18 Å². The van der Waals surface area contributed by atoms with Crippen molar-refractivity contribution in [2.75, 3.05) is 17.7 Å². The summed E-state index contributed by atoms with van der Waals surface area (Å²) in [6.07, 6.45) is 1.56. The van der Waals surface area contributed by atoms with Crippen molar-refractivity contribution in [3.05, 3.63) is 78.4 Å². The van der Waals surface area contributed by atoms with Crippen molar-refractivity contribution in [2.45, 2.75) is 0 Å². The fourth-order valence-corrected chi connectivity index (χ4v) is 2.20. The number of pyridine rings is 1. The zero-order valence-electron chi connectivity index (χ0n) is 13.5. The molecule has 0 aliphatic carbocycles. The van der Waals surface area contributed by atoms with Crippen LogP contribution in [0.5, 0.6) is 5.75 Å². The predicted octanol–water partition coefficient (Wildman–Crippen LogP) is 4.23. The molecule has 0 bridgehead atoms. The number of carbonyl (C=O) groups excluding carboxylic acids is 1. The van der Waals surface area contributed by atoms with Gasteiger partial charge in [-0.3, -0.25) is 4.79 Å². The topological polar surface area (TPSA) is 63.2 Å². The molecule has 0 aliphatic heterocycles. The van der Waals surface area contributed by atoms with Crippen LogP contribution in [0.3, 0.4) is 0 Å². The molecule has 0 radical (unpaired) electrons. The number of nitrogens with one attached hydrogen (secondary N) is 2. The number of benzene rings is 2. The third kappa shape index (κ3) is 4.32. The maximum absolute atomic E-state index is 13.1. The fraction of sp³-hybridized carbons (Fsp3) is 0.0526. The van der Waals surface area contributed by atoms with Gasteiger partial charge in [-0.25, -0.2) is 9.37 Å². The summed E-state index contributed by atoms with van der Waals surface area (Å²) in [5, 5.41) is 5.78. The Morgan fingerprint density at radius 3 is 2.40 bits per heavy atom. The lowest BCUT2D eigenvalue weighted by molar-refractivity contribution is 0.102.